The maximum Gasteiger partial charge on any atom is 0.246 e. The third-order valence-electron chi connectivity index (χ3n) is 8.86. The van der Waals surface area contributed by atoms with Gasteiger partial charge in [0.2, 0.25) is 17.7 Å². The van der Waals surface area contributed by atoms with E-state index in [1.54, 1.807) is 4.90 Å². The number of amides is 3. The summed E-state index contributed by atoms with van der Waals surface area (Å²) in [4.78, 5) is 42.7. The molecule has 186 valence electrons. The van der Waals surface area contributed by atoms with Gasteiger partial charge in [0.05, 0.1) is 30.1 Å². The summed E-state index contributed by atoms with van der Waals surface area (Å²) < 4.78 is 6.69. The van der Waals surface area contributed by atoms with Gasteiger partial charge in [0, 0.05) is 12.6 Å². The first-order valence-electron chi connectivity index (χ1n) is 13.0. The number of likely N-dealkylation sites (tertiary alicyclic amines) is 1. The fourth-order valence-electron chi connectivity index (χ4n) is 7.07. The maximum absolute atomic E-state index is 14.0. The number of rotatable bonds is 8. The molecule has 4 rings (SSSR count). The minimum atomic E-state index is -1.04. The zero-order valence-corrected chi connectivity index (χ0v) is 20.6. The lowest BCUT2D eigenvalue weighted by Gasteiger charge is -2.37. The Bertz CT molecular complexity index is 780. The van der Waals surface area contributed by atoms with Crippen molar-refractivity contribution in [1.29, 1.82) is 0 Å². The van der Waals surface area contributed by atoms with Crippen molar-refractivity contribution in [2.24, 2.45) is 17.8 Å². The second-order valence-electron chi connectivity index (χ2n) is 10.8. The Morgan fingerprint density at radius 1 is 1.21 bits per heavy atom. The van der Waals surface area contributed by atoms with Crippen molar-refractivity contribution >= 4 is 17.7 Å². The van der Waals surface area contributed by atoms with Crippen LogP contribution in [0.1, 0.15) is 79.1 Å². The summed E-state index contributed by atoms with van der Waals surface area (Å²) in [5, 5.41) is 16.3. The zero-order chi connectivity index (χ0) is 24.0. The number of aliphatic hydroxyl groups is 1. The van der Waals surface area contributed by atoms with Crippen LogP contribution in [0.2, 0.25) is 0 Å². The van der Waals surface area contributed by atoms with E-state index in [9.17, 15) is 19.5 Å². The molecule has 0 radical (unpaired) electrons. The van der Waals surface area contributed by atoms with Gasteiger partial charge < -0.3 is 25.4 Å². The van der Waals surface area contributed by atoms with Gasteiger partial charge in [-0.05, 0) is 44.9 Å². The lowest BCUT2D eigenvalue weighted by atomic mass is 9.62. The second kappa shape index (κ2) is 9.17. The average molecular weight is 464 g/mol. The SMILES string of the molecule is CCCNC(=O)[C@H]1[C@H]2C(=O)N([C@@H](CC)CO)C(C(=O)NC3CCCCC3)C23CC(C)[C@]1(C)O3. The Morgan fingerprint density at radius 2 is 1.91 bits per heavy atom. The van der Waals surface area contributed by atoms with Gasteiger partial charge in [0.15, 0.2) is 0 Å². The minimum absolute atomic E-state index is 0.0260. The number of carbonyl (C=O) groups excluding carboxylic acids is 3. The Labute approximate surface area is 197 Å². The summed E-state index contributed by atoms with van der Waals surface area (Å²) in [6, 6.07) is -1.21. The normalized spacial score (nSPS) is 38.9. The van der Waals surface area contributed by atoms with Gasteiger partial charge in [-0.25, -0.2) is 0 Å². The molecule has 3 saturated heterocycles. The van der Waals surface area contributed by atoms with E-state index in [4.69, 9.17) is 4.74 Å². The molecule has 0 aromatic heterocycles. The number of hydrogen-bond acceptors (Lipinski definition) is 5. The minimum Gasteiger partial charge on any atom is -0.394 e. The molecular formula is C25H41N3O5. The van der Waals surface area contributed by atoms with Crippen molar-refractivity contribution in [1.82, 2.24) is 15.5 Å². The Kier molecular flexibility index (Phi) is 6.80. The number of carbonyl (C=O) groups is 3. The van der Waals surface area contributed by atoms with Crippen LogP contribution in [0.3, 0.4) is 0 Å². The number of nitrogens with one attached hydrogen (secondary N) is 2. The first kappa shape index (κ1) is 24.5. The van der Waals surface area contributed by atoms with E-state index in [0.29, 0.717) is 19.4 Å². The van der Waals surface area contributed by atoms with Gasteiger partial charge in [-0.15, -0.1) is 0 Å². The molecule has 1 spiro atoms. The predicted molar refractivity (Wildman–Crippen MR) is 123 cm³/mol. The molecule has 8 heteroatoms. The van der Waals surface area contributed by atoms with Crippen LogP contribution >= 0.6 is 0 Å². The predicted octanol–water partition coefficient (Wildman–Crippen LogP) is 1.74. The summed E-state index contributed by atoms with van der Waals surface area (Å²) in [6.07, 6.45) is 7.13. The maximum atomic E-state index is 14.0. The van der Waals surface area contributed by atoms with Gasteiger partial charge in [-0.1, -0.05) is 40.0 Å². The van der Waals surface area contributed by atoms with Crippen molar-refractivity contribution in [3.05, 3.63) is 0 Å². The molecule has 7 atom stereocenters. The molecule has 3 amide bonds. The van der Waals surface area contributed by atoms with Crippen LogP contribution < -0.4 is 10.6 Å². The van der Waals surface area contributed by atoms with E-state index < -0.39 is 35.1 Å². The number of hydrogen-bond donors (Lipinski definition) is 3. The lowest BCUT2D eigenvalue weighted by Crippen LogP contribution is -2.59. The average Bonchev–Trinajstić information content (AvgIpc) is 3.31. The Hall–Kier alpha value is -1.67. The van der Waals surface area contributed by atoms with E-state index >= 15 is 0 Å². The molecular weight excluding hydrogens is 422 g/mol. The highest BCUT2D eigenvalue weighted by Gasteiger charge is 2.80. The van der Waals surface area contributed by atoms with Crippen LogP contribution in [-0.2, 0) is 19.1 Å². The van der Waals surface area contributed by atoms with Crippen LogP contribution in [0, 0.1) is 17.8 Å². The van der Waals surface area contributed by atoms with Crippen molar-refractivity contribution in [2.45, 2.75) is 108 Å². The van der Waals surface area contributed by atoms with Crippen molar-refractivity contribution in [3.63, 3.8) is 0 Å². The van der Waals surface area contributed by atoms with Crippen LogP contribution in [0.25, 0.3) is 0 Å². The summed E-state index contributed by atoms with van der Waals surface area (Å²) >= 11 is 0. The molecule has 1 aliphatic carbocycles. The highest BCUT2D eigenvalue weighted by atomic mass is 16.5. The molecule has 4 fully saturated rings. The molecule has 3 heterocycles. The first-order valence-corrected chi connectivity index (χ1v) is 13.0. The second-order valence-corrected chi connectivity index (χ2v) is 10.8. The number of fused-ring (bicyclic) bond motifs is 1. The van der Waals surface area contributed by atoms with Crippen molar-refractivity contribution in [3.8, 4) is 0 Å². The lowest BCUT2D eigenvalue weighted by molar-refractivity contribution is -0.151. The van der Waals surface area contributed by atoms with Crippen LogP contribution in [-0.4, -0.2) is 70.2 Å². The van der Waals surface area contributed by atoms with Gasteiger partial charge in [-0.3, -0.25) is 14.4 Å². The van der Waals surface area contributed by atoms with Crippen LogP contribution in [0.15, 0.2) is 0 Å². The topological polar surface area (TPSA) is 108 Å². The summed E-state index contributed by atoms with van der Waals surface area (Å²) in [5.74, 6) is -1.93. The van der Waals surface area contributed by atoms with Gasteiger partial charge >= 0.3 is 0 Å². The molecule has 4 aliphatic rings. The number of nitrogens with zero attached hydrogens (tertiary/aromatic N) is 1. The van der Waals surface area contributed by atoms with Gasteiger partial charge in [-0.2, -0.15) is 0 Å². The van der Waals surface area contributed by atoms with Crippen LogP contribution in [0.4, 0.5) is 0 Å². The number of ether oxygens (including phenoxy) is 1. The van der Waals surface area contributed by atoms with E-state index in [2.05, 4.69) is 17.6 Å². The monoisotopic (exact) mass is 463 g/mol. The summed E-state index contributed by atoms with van der Waals surface area (Å²) in [5.41, 5.74) is -1.84. The van der Waals surface area contributed by atoms with Crippen molar-refractivity contribution < 1.29 is 24.2 Å². The zero-order valence-electron chi connectivity index (χ0n) is 20.6. The highest BCUT2D eigenvalue weighted by Crippen LogP contribution is 2.65. The fourth-order valence-corrected chi connectivity index (χ4v) is 7.07. The standard InChI is InChI=1S/C25H41N3O5/c1-5-12-26-21(30)18-19-23(32)28(17(6-2)14-29)20(22(31)27-16-10-8-7-9-11-16)25(19)13-15(3)24(18,4)33-25/h15-20,29H,5-14H2,1-4H3,(H,26,30)(H,27,31)/t15?,17-,18+,19-,20?,24-,25?/m0/s1. The summed E-state index contributed by atoms with van der Waals surface area (Å²) in [7, 11) is 0. The quantitative estimate of drug-likeness (QED) is 0.508. The Balaban J connectivity index is 1.73. The fraction of sp³-hybridized carbons (Fsp3) is 0.880. The third kappa shape index (κ3) is 3.68. The molecule has 3 N–H and O–H groups in total. The van der Waals surface area contributed by atoms with Gasteiger partial charge in [0.1, 0.15) is 11.6 Å². The molecule has 0 aromatic carbocycles. The molecule has 1 saturated carbocycles. The largest absolute Gasteiger partial charge is 0.394 e. The smallest absolute Gasteiger partial charge is 0.246 e. The highest BCUT2D eigenvalue weighted by molar-refractivity contribution is 5.99. The molecule has 3 aliphatic heterocycles. The molecule has 3 unspecified atom stereocenters. The van der Waals surface area contributed by atoms with Gasteiger partial charge in [0.25, 0.3) is 0 Å². The molecule has 8 nitrogen and oxygen atoms in total. The van der Waals surface area contributed by atoms with E-state index in [1.165, 1.54) is 6.42 Å². The first-order chi connectivity index (χ1) is 15.7. The molecule has 2 bridgehead atoms. The molecule has 0 aromatic rings. The van der Waals surface area contributed by atoms with Crippen molar-refractivity contribution in [2.75, 3.05) is 13.2 Å². The Morgan fingerprint density at radius 3 is 2.52 bits per heavy atom. The van der Waals surface area contributed by atoms with Crippen LogP contribution in [0.5, 0.6) is 0 Å². The summed E-state index contributed by atoms with van der Waals surface area (Å²) in [6.45, 7) is 8.19. The number of aliphatic hydroxyl groups excluding tert-OH is 1. The third-order valence-corrected chi connectivity index (χ3v) is 8.86. The van der Waals surface area contributed by atoms with E-state index in [1.807, 2.05) is 20.8 Å². The molecule has 33 heavy (non-hydrogen) atoms. The van der Waals surface area contributed by atoms with E-state index in [-0.39, 0.29) is 36.3 Å². The van der Waals surface area contributed by atoms with E-state index in [0.717, 1.165) is 32.1 Å².